The average Bonchev–Trinajstić information content (AvgIpc) is 3.02. The van der Waals surface area contributed by atoms with Crippen molar-refractivity contribution in [2.45, 2.75) is 18.9 Å². The van der Waals surface area contributed by atoms with Crippen molar-refractivity contribution in [2.75, 3.05) is 6.54 Å². The highest BCUT2D eigenvalue weighted by molar-refractivity contribution is 6.21. The Morgan fingerprint density at radius 1 is 0.759 bits per heavy atom. The first-order valence-corrected chi connectivity index (χ1v) is 9.89. The fraction of sp³-hybridized carbons (Fsp3) is 0.160. The number of carbonyl (C=O) groups is 2. The summed E-state index contributed by atoms with van der Waals surface area (Å²) in [5.74, 6) is -0.400. The van der Waals surface area contributed by atoms with Gasteiger partial charge in [-0.15, -0.1) is 0 Å². The van der Waals surface area contributed by atoms with Gasteiger partial charge in [-0.2, -0.15) is 0 Å². The maximum absolute atomic E-state index is 12.6. The number of hydrogen-bond acceptors (Lipinski definition) is 3. The molecule has 0 saturated heterocycles. The Bertz CT molecular complexity index is 1100. The first-order valence-electron chi connectivity index (χ1n) is 9.89. The Kier molecular flexibility index (Phi) is 4.32. The third-order valence-corrected chi connectivity index (χ3v) is 5.65. The molecule has 1 atom stereocenters. The molecule has 5 rings (SSSR count). The Morgan fingerprint density at radius 3 is 2.03 bits per heavy atom. The van der Waals surface area contributed by atoms with Crippen LogP contribution in [-0.4, -0.2) is 35.0 Å². The molecule has 0 saturated carbocycles. The second-order valence-electron chi connectivity index (χ2n) is 7.46. The van der Waals surface area contributed by atoms with Crippen molar-refractivity contribution in [2.24, 2.45) is 4.99 Å². The van der Waals surface area contributed by atoms with Crippen LogP contribution >= 0.6 is 0 Å². The molecule has 4 nitrogen and oxygen atoms in total. The Labute approximate surface area is 169 Å². The van der Waals surface area contributed by atoms with E-state index in [4.69, 9.17) is 4.99 Å². The van der Waals surface area contributed by atoms with E-state index in [2.05, 4.69) is 24.3 Å². The van der Waals surface area contributed by atoms with Crippen LogP contribution in [0.4, 0.5) is 0 Å². The van der Waals surface area contributed by atoms with Crippen molar-refractivity contribution in [3.8, 4) is 0 Å². The lowest BCUT2D eigenvalue weighted by molar-refractivity contribution is 0.0650. The molecule has 1 unspecified atom stereocenters. The first kappa shape index (κ1) is 17.6. The Morgan fingerprint density at radius 2 is 1.34 bits per heavy atom. The Hall–Kier alpha value is -3.53. The predicted molar refractivity (Wildman–Crippen MR) is 112 cm³/mol. The van der Waals surface area contributed by atoms with Crippen molar-refractivity contribution < 1.29 is 9.59 Å². The number of benzene rings is 3. The minimum absolute atomic E-state index is 0.0319. The second-order valence-corrected chi connectivity index (χ2v) is 7.46. The van der Waals surface area contributed by atoms with E-state index in [9.17, 15) is 9.59 Å². The smallest absolute Gasteiger partial charge is 0.261 e. The standard InChI is InChI=1S/C25H20N2O2/c28-24-21-12-6-7-13-22(21)25(29)27(24)15-14-19-16-18-10-4-5-11-20(18)23(26-19)17-8-2-1-3-9-17/h1-13,19H,14-16H2. The molecule has 0 N–H and O–H groups in total. The van der Waals surface area contributed by atoms with Gasteiger partial charge in [-0.1, -0.05) is 66.7 Å². The van der Waals surface area contributed by atoms with Gasteiger partial charge in [-0.3, -0.25) is 19.5 Å². The normalized spacial score (nSPS) is 17.7. The third-order valence-electron chi connectivity index (χ3n) is 5.65. The van der Waals surface area contributed by atoms with Gasteiger partial charge >= 0.3 is 0 Å². The third kappa shape index (κ3) is 3.07. The van der Waals surface area contributed by atoms with Crippen LogP contribution < -0.4 is 0 Å². The minimum atomic E-state index is -0.200. The monoisotopic (exact) mass is 380 g/mol. The van der Waals surface area contributed by atoms with E-state index in [0.717, 1.165) is 23.3 Å². The van der Waals surface area contributed by atoms with Crippen molar-refractivity contribution >= 4 is 17.5 Å². The van der Waals surface area contributed by atoms with Gasteiger partial charge in [0, 0.05) is 17.7 Å². The summed E-state index contributed by atoms with van der Waals surface area (Å²) in [7, 11) is 0. The van der Waals surface area contributed by atoms with Crippen LogP contribution in [0.25, 0.3) is 0 Å². The molecule has 0 aromatic heterocycles. The zero-order valence-electron chi connectivity index (χ0n) is 15.9. The summed E-state index contributed by atoms with van der Waals surface area (Å²) < 4.78 is 0. The number of fused-ring (bicyclic) bond motifs is 2. The molecule has 0 aliphatic carbocycles. The van der Waals surface area contributed by atoms with E-state index >= 15 is 0 Å². The molecule has 2 heterocycles. The van der Waals surface area contributed by atoms with Gasteiger partial charge in [0.2, 0.25) is 0 Å². The van der Waals surface area contributed by atoms with Crippen LogP contribution in [-0.2, 0) is 6.42 Å². The highest BCUT2D eigenvalue weighted by Gasteiger charge is 2.35. The van der Waals surface area contributed by atoms with Crippen LogP contribution in [0.1, 0.15) is 43.8 Å². The van der Waals surface area contributed by atoms with Crippen molar-refractivity contribution in [1.82, 2.24) is 4.90 Å². The summed E-state index contributed by atoms with van der Waals surface area (Å²) in [6, 6.07) is 25.6. The van der Waals surface area contributed by atoms with E-state index in [1.54, 1.807) is 24.3 Å². The number of aliphatic imine (C=N–C) groups is 1. The van der Waals surface area contributed by atoms with Crippen LogP contribution in [0.15, 0.2) is 83.9 Å². The minimum Gasteiger partial charge on any atom is -0.280 e. The fourth-order valence-corrected chi connectivity index (χ4v) is 4.19. The summed E-state index contributed by atoms with van der Waals surface area (Å²) in [6.07, 6.45) is 1.46. The molecule has 0 fully saturated rings. The molecule has 2 aliphatic rings. The van der Waals surface area contributed by atoms with Gasteiger partial charge in [-0.25, -0.2) is 0 Å². The van der Waals surface area contributed by atoms with Gasteiger partial charge in [0.15, 0.2) is 0 Å². The second kappa shape index (κ2) is 7.13. The molecule has 0 bridgehead atoms. The maximum Gasteiger partial charge on any atom is 0.261 e. The van der Waals surface area contributed by atoms with Gasteiger partial charge in [0.1, 0.15) is 0 Å². The summed E-state index contributed by atoms with van der Waals surface area (Å²) >= 11 is 0. The molecule has 0 spiro atoms. The summed E-state index contributed by atoms with van der Waals surface area (Å²) in [6.45, 7) is 0.380. The topological polar surface area (TPSA) is 49.7 Å². The first-order chi connectivity index (χ1) is 14.2. The highest BCUT2D eigenvalue weighted by Crippen LogP contribution is 2.27. The number of imide groups is 1. The van der Waals surface area contributed by atoms with E-state index < -0.39 is 0 Å². The van der Waals surface area contributed by atoms with Crippen molar-refractivity contribution in [3.63, 3.8) is 0 Å². The zero-order chi connectivity index (χ0) is 19.8. The summed E-state index contributed by atoms with van der Waals surface area (Å²) in [5.41, 5.74) is 5.49. The molecule has 4 heteroatoms. The molecule has 29 heavy (non-hydrogen) atoms. The van der Waals surface area contributed by atoms with E-state index in [-0.39, 0.29) is 17.9 Å². The van der Waals surface area contributed by atoms with E-state index in [1.165, 1.54) is 10.5 Å². The summed E-state index contributed by atoms with van der Waals surface area (Å²) in [5, 5.41) is 0. The molecular formula is C25H20N2O2. The quantitative estimate of drug-likeness (QED) is 0.639. The number of carbonyl (C=O) groups excluding carboxylic acids is 2. The van der Waals surface area contributed by atoms with Gasteiger partial charge in [0.05, 0.1) is 22.9 Å². The molecule has 2 aliphatic heterocycles. The molecule has 3 aromatic rings. The van der Waals surface area contributed by atoms with Gasteiger partial charge in [-0.05, 0) is 30.5 Å². The van der Waals surface area contributed by atoms with Gasteiger partial charge < -0.3 is 0 Å². The van der Waals surface area contributed by atoms with Crippen molar-refractivity contribution in [1.29, 1.82) is 0 Å². The SMILES string of the molecule is O=C1c2ccccc2C(=O)N1CCC1Cc2ccccc2C(c2ccccc2)=N1. The predicted octanol–water partition coefficient (Wildman–Crippen LogP) is 4.14. The van der Waals surface area contributed by atoms with Crippen LogP contribution in [0.5, 0.6) is 0 Å². The van der Waals surface area contributed by atoms with E-state index in [1.807, 2.05) is 30.3 Å². The summed E-state index contributed by atoms with van der Waals surface area (Å²) in [4.78, 5) is 31.7. The lowest BCUT2D eigenvalue weighted by atomic mass is 9.89. The lowest BCUT2D eigenvalue weighted by Crippen LogP contribution is -2.33. The zero-order valence-corrected chi connectivity index (χ0v) is 15.9. The fourth-order valence-electron chi connectivity index (χ4n) is 4.19. The largest absolute Gasteiger partial charge is 0.280 e. The number of hydrogen-bond donors (Lipinski definition) is 0. The molecule has 142 valence electrons. The van der Waals surface area contributed by atoms with Crippen LogP contribution in [0.2, 0.25) is 0 Å². The molecule has 3 aromatic carbocycles. The maximum atomic E-state index is 12.6. The van der Waals surface area contributed by atoms with Crippen LogP contribution in [0.3, 0.4) is 0 Å². The Balaban J connectivity index is 1.40. The van der Waals surface area contributed by atoms with E-state index in [0.29, 0.717) is 24.1 Å². The molecular weight excluding hydrogens is 360 g/mol. The lowest BCUT2D eigenvalue weighted by Gasteiger charge is -2.25. The van der Waals surface area contributed by atoms with Crippen LogP contribution in [0, 0.1) is 0 Å². The van der Waals surface area contributed by atoms with Gasteiger partial charge in [0.25, 0.3) is 11.8 Å². The number of amides is 2. The molecule has 2 amide bonds. The highest BCUT2D eigenvalue weighted by atomic mass is 16.2. The number of nitrogens with zero attached hydrogens (tertiary/aromatic N) is 2. The molecule has 0 radical (unpaired) electrons. The average molecular weight is 380 g/mol. The van der Waals surface area contributed by atoms with Crippen molar-refractivity contribution in [3.05, 3.63) is 107 Å². The number of rotatable bonds is 4.